The minimum atomic E-state index is -0.165. The highest BCUT2D eigenvalue weighted by atomic mass is 16.3. The molecule has 5 rings (SSSR count). The Labute approximate surface area is 189 Å². The number of nitrogens with zero attached hydrogens (tertiary/aromatic N) is 3. The van der Waals surface area contributed by atoms with Crippen molar-refractivity contribution in [3.63, 3.8) is 0 Å². The summed E-state index contributed by atoms with van der Waals surface area (Å²) in [5.74, 6) is 0.493. The summed E-state index contributed by atoms with van der Waals surface area (Å²) in [7, 11) is 0. The molecule has 1 fully saturated rings. The molecule has 1 atom stereocenters. The third-order valence-electron chi connectivity index (χ3n) is 6.67. The minimum Gasteiger partial charge on any atom is -0.508 e. The van der Waals surface area contributed by atoms with Gasteiger partial charge in [-0.3, -0.25) is 9.69 Å². The SMILES string of the molecule is O=C(C1Cc2ccccc2CN1Cc1ccc(O)cc1)N1CCN(c2ccccc2)CC1. The molecule has 1 unspecified atom stereocenters. The Kier molecular flexibility index (Phi) is 5.82. The van der Waals surface area contributed by atoms with E-state index in [-0.39, 0.29) is 17.7 Å². The number of carbonyl (C=O) groups excluding carboxylic acids is 1. The number of fused-ring (bicyclic) bond motifs is 1. The lowest BCUT2D eigenvalue weighted by atomic mass is 9.92. The van der Waals surface area contributed by atoms with Crippen molar-refractivity contribution in [2.24, 2.45) is 0 Å². The first-order chi connectivity index (χ1) is 15.7. The highest BCUT2D eigenvalue weighted by Crippen LogP contribution is 2.27. The summed E-state index contributed by atoms with van der Waals surface area (Å²) in [6.45, 7) is 4.67. The largest absolute Gasteiger partial charge is 0.508 e. The monoisotopic (exact) mass is 427 g/mol. The standard InChI is InChI=1S/C27H29N3O2/c31-25-12-10-21(11-13-25)19-30-20-23-7-5-4-6-22(23)18-26(30)27(32)29-16-14-28(15-17-29)24-8-2-1-3-9-24/h1-13,26,31H,14-20H2. The van der Waals surface area contributed by atoms with Gasteiger partial charge in [-0.25, -0.2) is 0 Å². The molecule has 164 valence electrons. The molecule has 5 heteroatoms. The molecule has 0 bridgehead atoms. The molecular formula is C27H29N3O2. The second-order valence-electron chi connectivity index (χ2n) is 8.71. The number of hydrogen-bond donors (Lipinski definition) is 1. The molecule has 0 spiro atoms. The molecule has 5 nitrogen and oxygen atoms in total. The van der Waals surface area contributed by atoms with Crippen molar-refractivity contribution in [2.45, 2.75) is 25.6 Å². The van der Waals surface area contributed by atoms with Crippen molar-refractivity contribution in [1.29, 1.82) is 0 Å². The number of aromatic hydroxyl groups is 1. The van der Waals surface area contributed by atoms with Crippen molar-refractivity contribution in [3.8, 4) is 5.75 Å². The predicted molar refractivity (Wildman–Crippen MR) is 127 cm³/mol. The lowest BCUT2D eigenvalue weighted by Crippen LogP contribution is -2.56. The van der Waals surface area contributed by atoms with Gasteiger partial charge in [0.2, 0.25) is 5.91 Å². The number of rotatable bonds is 4. The molecule has 2 aliphatic heterocycles. The van der Waals surface area contributed by atoms with E-state index in [1.807, 2.05) is 23.1 Å². The van der Waals surface area contributed by atoms with Gasteiger partial charge in [-0.2, -0.15) is 0 Å². The number of phenolic OH excluding ortho intramolecular Hbond substituents is 1. The van der Waals surface area contributed by atoms with Crippen LogP contribution in [0.2, 0.25) is 0 Å². The molecule has 1 amide bonds. The van der Waals surface area contributed by atoms with E-state index in [0.29, 0.717) is 6.54 Å². The van der Waals surface area contributed by atoms with E-state index in [2.05, 4.69) is 58.3 Å². The van der Waals surface area contributed by atoms with Crippen LogP contribution in [0.3, 0.4) is 0 Å². The van der Waals surface area contributed by atoms with Crippen molar-refractivity contribution in [3.05, 3.63) is 95.6 Å². The van der Waals surface area contributed by atoms with Gasteiger partial charge in [-0.15, -0.1) is 0 Å². The van der Waals surface area contributed by atoms with Crippen molar-refractivity contribution < 1.29 is 9.90 Å². The summed E-state index contributed by atoms with van der Waals surface area (Å²) in [6.07, 6.45) is 0.742. The molecule has 0 radical (unpaired) electrons. The molecule has 0 aromatic heterocycles. The molecule has 1 saturated heterocycles. The van der Waals surface area contributed by atoms with Crippen LogP contribution in [0.15, 0.2) is 78.9 Å². The zero-order valence-corrected chi connectivity index (χ0v) is 18.2. The third kappa shape index (κ3) is 4.34. The lowest BCUT2D eigenvalue weighted by Gasteiger charge is -2.42. The molecule has 32 heavy (non-hydrogen) atoms. The van der Waals surface area contributed by atoms with Crippen molar-refractivity contribution in [2.75, 3.05) is 31.1 Å². The number of phenols is 1. The average molecular weight is 428 g/mol. The van der Waals surface area contributed by atoms with Gasteiger partial charge in [0.15, 0.2) is 0 Å². The Morgan fingerprint density at radius 2 is 1.47 bits per heavy atom. The molecule has 0 saturated carbocycles. The molecule has 3 aromatic rings. The zero-order valence-electron chi connectivity index (χ0n) is 18.2. The summed E-state index contributed by atoms with van der Waals surface area (Å²) in [5.41, 5.74) is 4.90. The first-order valence-electron chi connectivity index (χ1n) is 11.3. The van der Waals surface area contributed by atoms with Gasteiger partial charge in [-0.05, 0) is 47.4 Å². The van der Waals surface area contributed by atoms with Gasteiger partial charge in [0, 0.05) is 45.0 Å². The number of amides is 1. The van der Waals surface area contributed by atoms with E-state index in [1.54, 1.807) is 12.1 Å². The van der Waals surface area contributed by atoms with Crippen molar-refractivity contribution in [1.82, 2.24) is 9.80 Å². The highest BCUT2D eigenvalue weighted by Gasteiger charge is 2.35. The number of piperazine rings is 1. The maximum atomic E-state index is 13.7. The topological polar surface area (TPSA) is 47.0 Å². The summed E-state index contributed by atoms with van der Waals surface area (Å²) >= 11 is 0. The Morgan fingerprint density at radius 1 is 0.812 bits per heavy atom. The number of benzene rings is 3. The first-order valence-corrected chi connectivity index (χ1v) is 11.3. The fraction of sp³-hybridized carbons (Fsp3) is 0.296. The molecule has 0 aliphatic carbocycles. The zero-order chi connectivity index (χ0) is 21.9. The molecule has 3 aromatic carbocycles. The molecular weight excluding hydrogens is 398 g/mol. The summed E-state index contributed by atoms with van der Waals surface area (Å²) in [4.78, 5) is 20.4. The number of hydrogen-bond acceptors (Lipinski definition) is 4. The van der Waals surface area contributed by atoms with E-state index >= 15 is 0 Å². The average Bonchev–Trinajstić information content (AvgIpc) is 2.85. The van der Waals surface area contributed by atoms with Gasteiger partial charge in [0.05, 0.1) is 6.04 Å². The number of para-hydroxylation sites is 1. The van der Waals surface area contributed by atoms with Crippen molar-refractivity contribution >= 4 is 11.6 Å². The van der Waals surface area contributed by atoms with Crippen LogP contribution in [0.5, 0.6) is 5.75 Å². The molecule has 1 N–H and O–H groups in total. The summed E-state index contributed by atoms with van der Waals surface area (Å²) in [5, 5.41) is 9.63. The van der Waals surface area contributed by atoms with Gasteiger partial charge < -0.3 is 14.9 Å². The quantitative estimate of drug-likeness (QED) is 0.690. The Hall–Kier alpha value is -3.31. The Bertz CT molecular complexity index is 1060. The van der Waals surface area contributed by atoms with Crippen LogP contribution in [0.4, 0.5) is 5.69 Å². The smallest absolute Gasteiger partial charge is 0.240 e. The second kappa shape index (κ2) is 9.05. The van der Waals surface area contributed by atoms with Crippen LogP contribution in [0, 0.1) is 0 Å². The van der Waals surface area contributed by atoms with Gasteiger partial charge >= 0.3 is 0 Å². The van der Waals surface area contributed by atoms with Crippen LogP contribution in [0.1, 0.15) is 16.7 Å². The van der Waals surface area contributed by atoms with E-state index < -0.39 is 0 Å². The van der Waals surface area contributed by atoms with E-state index in [9.17, 15) is 9.90 Å². The van der Waals surface area contributed by atoms with Gasteiger partial charge in [0.1, 0.15) is 5.75 Å². The lowest BCUT2D eigenvalue weighted by molar-refractivity contribution is -0.138. The fourth-order valence-electron chi connectivity index (χ4n) is 4.86. The van der Waals surface area contributed by atoms with Crippen LogP contribution < -0.4 is 4.90 Å². The number of anilines is 1. The summed E-state index contributed by atoms with van der Waals surface area (Å²) < 4.78 is 0. The van der Waals surface area contributed by atoms with Crippen LogP contribution in [-0.2, 0) is 24.3 Å². The van der Waals surface area contributed by atoms with E-state index in [4.69, 9.17) is 0 Å². The normalized spacial score (nSPS) is 18.9. The predicted octanol–water partition coefficient (Wildman–Crippen LogP) is 3.67. The Balaban J connectivity index is 1.32. The molecule has 2 aliphatic rings. The van der Waals surface area contributed by atoms with Crippen LogP contribution >= 0.6 is 0 Å². The Morgan fingerprint density at radius 3 is 2.19 bits per heavy atom. The number of carbonyl (C=O) groups is 1. The third-order valence-corrected chi connectivity index (χ3v) is 6.67. The van der Waals surface area contributed by atoms with E-state index in [0.717, 1.165) is 44.7 Å². The van der Waals surface area contributed by atoms with Gasteiger partial charge in [-0.1, -0.05) is 54.6 Å². The first kappa shape index (κ1) is 20.6. The highest BCUT2D eigenvalue weighted by molar-refractivity contribution is 5.83. The van der Waals surface area contributed by atoms with Gasteiger partial charge in [0.25, 0.3) is 0 Å². The molecule has 2 heterocycles. The minimum absolute atomic E-state index is 0.165. The van der Waals surface area contributed by atoms with Crippen LogP contribution in [-0.4, -0.2) is 53.0 Å². The second-order valence-corrected chi connectivity index (χ2v) is 8.71. The maximum Gasteiger partial charge on any atom is 0.240 e. The maximum absolute atomic E-state index is 13.7. The fourth-order valence-corrected chi connectivity index (χ4v) is 4.86. The summed E-state index contributed by atoms with van der Waals surface area (Å²) in [6, 6.07) is 26.0. The van der Waals surface area contributed by atoms with Crippen LogP contribution in [0.25, 0.3) is 0 Å². The van der Waals surface area contributed by atoms with E-state index in [1.165, 1.54) is 16.8 Å².